The van der Waals surface area contributed by atoms with Crippen LogP contribution in [0, 0.1) is 0 Å². The number of carboxylic acids is 1. The van der Waals surface area contributed by atoms with E-state index in [0.717, 1.165) is 5.69 Å². The van der Waals surface area contributed by atoms with E-state index in [9.17, 15) is 9.90 Å². The number of aromatic carboxylic acids is 1. The first-order chi connectivity index (χ1) is 9.66. The molecule has 5 nitrogen and oxygen atoms in total. The third kappa shape index (κ3) is 2.08. The van der Waals surface area contributed by atoms with Gasteiger partial charge in [-0.3, -0.25) is 0 Å². The first-order valence-corrected chi connectivity index (χ1v) is 6.25. The van der Waals surface area contributed by atoms with E-state index in [0.29, 0.717) is 10.8 Å². The van der Waals surface area contributed by atoms with Crippen LogP contribution in [-0.4, -0.2) is 25.4 Å². The molecule has 0 aliphatic rings. The van der Waals surface area contributed by atoms with Crippen molar-refractivity contribution in [2.45, 2.75) is 0 Å². The van der Waals surface area contributed by atoms with Gasteiger partial charge in [0.25, 0.3) is 0 Å². The van der Waals surface area contributed by atoms with Crippen LogP contribution in [0.25, 0.3) is 11.5 Å². The number of carboxylic acid groups (broad SMARTS) is 1. The average molecular weight is 288 g/mol. The SMILES string of the molecule is O=C(O)c1cnn(-c2ccc(Cl)cc2)c1-n1cccc1. The van der Waals surface area contributed by atoms with Gasteiger partial charge in [0.1, 0.15) is 5.56 Å². The van der Waals surface area contributed by atoms with Crippen LogP contribution in [0.15, 0.2) is 55.0 Å². The predicted octanol–water partition coefficient (Wildman–Crippen LogP) is 3.01. The molecule has 20 heavy (non-hydrogen) atoms. The fourth-order valence-corrected chi connectivity index (χ4v) is 2.11. The zero-order chi connectivity index (χ0) is 14.1. The van der Waals surface area contributed by atoms with Crippen molar-refractivity contribution in [2.24, 2.45) is 0 Å². The third-order valence-electron chi connectivity index (χ3n) is 2.89. The van der Waals surface area contributed by atoms with Crippen LogP contribution in [0.2, 0.25) is 5.02 Å². The summed E-state index contributed by atoms with van der Waals surface area (Å²) in [6.45, 7) is 0. The third-order valence-corrected chi connectivity index (χ3v) is 3.15. The molecule has 0 radical (unpaired) electrons. The summed E-state index contributed by atoms with van der Waals surface area (Å²) in [4.78, 5) is 11.3. The van der Waals surface area contributed by atoms with Crippen molar-refractivity contribution in [2.75, 3.05) is 0 Å². The zero-order valence-corrected chi connectivity index (χ0v) is 11.0. The molecular formula is C14H10ClN3O2. The second kappa shape index (κ2) is 4.86. The second-order valence-electron chi connectivity index (χ2n) is 4.17. The van der Waals surface area contributed by atoms with Gasteiger partial charge in [-0.1, -0.05) is 11.6 Å². The van der Waals surface area contributed by atoms with Gasteiger partial charge in [-0.05, 0) is 36.4 Å². The lowest BCUT2D eigenvalue weighted by Crippen LogP contribution is -2.08. The van der Waals surface area contributed by atoms with E-state index in [1.165, 1.54) is 6.20 Å². The Bertz CT molecular complexity index is 745. The van der Waals surface area contributed by atoms with E-state index >= 15 is 0 Å². The summed E-state index contributed by atoms with van der Waals surface area (Å²) >= 11 is 5.87. The molecule has 0 amide bonds. The van der Waals surface area contributed by atoms with E-state index in [1.807, 2.05) is 12.1 Å². The largest absolute Gasteiger partial charge is 0.477 e. The molecule has 0 bridgehead atoms. The number of benzene rings is 1. The normalized spacial score (nSPS) is 10.7. The molecule has 2 heterocycles. The minimum absolute atomic E-state index is 0.135. The van der Waals surface area contributed by atoms with Gasteiger partial charge in [-0.25, -0.2) is 9.48 Å². The molecule has 0 aliphatic heterocycles. The van der Waals surface area contributed by atoms with Crippen molar-refractivity contribution in [1.29, 1.82) is 0 Å². The number of hydrogen-bond acceptors (Lipinski definition) is 2. The van der Waals surface area contributed by atoms with E-state index in [1.54, 1.807) is 45.9 Å². The van der Waals surface area contributed by atoms with Crippen LogP contribution in [0.1, 0.15) is 10.4 Å². The van der Waals surface area contributed by atoms with Gasteiger partial charge in [-0.15, -0.1) is 0 Å². The molecule has 6 heteroatoms. The Kier molecular flexibility index (Phi) is 3.04. The summed E-state index contributed by atoms with van der Waals surface area (Å²) in [6.07, 6.45) is 4.89. The maximum atomic E-state index is 11.3. The molecule has 0 saturated carbocycles. The molecule has 2 aromatic heterocycles. The number of halogens is 1. The van der Waals surface area contributed by atoms with Crippen molar-refractivity contribution in [3.63, 3.8) is 0 Å². The Labute approximate surface area is 119 Å². The van der Waals surface area contributed by atoms with Crippen molar-refractivity contribution >= 4 is 17.6 Å². The van der Waals surface area contributed by atoms with Gasteiger partial charge in [-0.2, -0.15) is 5.10 Å². The molecule has 0 unspecified atom stereocenters. The van der Waals surface area contributed by atoms with Crippen molar-refractivity contribution < 1.29 is 9.90 Å². The van der Waals surface area contributed by atoms with Crippen molar-refractivity contribution in [3.05, 3.63) is 65.6 Å². The number of nitrogens with zero attached hydrogens (tertiary/aromatic N) is 3. The second-order valence-corrected chi connectivity index (χ2v) is 4.60. The zero-order valence-electron chi connectivity index (χ0n) is 10.3. The van der Waals surface area contributed by atoms with E-state index in [4.69, 9.17) is 11.6 Å². The van der Waals surface area contributed by atoms with Crippen LogP contribution in [0.5, 0.6) is 0 Å². The van der Waals surface area contributed by atoms with E-state index < -0.39 is 5.97 Å². The summed E-state index contributed by atoms with van der Waals surface area (Å²) in [6, 6.07) is 10.7. The highest BCUT2D eigenvalue weighted by molar-refractivity contribution is 6.30. The van der Waals surface area contributed by atoms with Crippen LogP contribution < -0.4 is 0 Å². The van der Waals surface area contributed by atoms with Crippen molar-refractivity contribution in [3.8, 4) is 11.5 Å². The molecule has 0 aliphatic carbocycles. The number of carbonyl (C=O) groups is 1. The Hall–Kier alpha value is -2.53. The maximum absolute atomic E-state index is 11.3. The number of rotatable bonds is 3. The smallest absolute Gasteiger partial charge is 0.341 e. The summed E-state index contributed by atoms with van der Waals surface area (Å²) in [7, 11) is 0. The van der Waals surface area contributed by atoms with Crippen LogP contribution in [0.3, 0.4) is 0 Å². The Balaban J connectivity index is 2.21. The molecule has 3 aromatic rings. The van der Waals surface area contributed by atoms with Gasteiger partial charge in [0.05, 0.1) is 11.9 Å². The van der Waals surface area contributed by atoms with Gasteiger partial charge in [0.15, 0.2) is 5.82 Å². The Morgan fingerprint density at radius 1 is 1.15 bits per heavy atom. The topological polar surface area (TPSA) is 60.0 Å². The molecule has 3 rings (SSSR count). The monoisotopic (exact) mass is 287 g/mol. The minimum atomic E-state index is -1.02. The fourth-order valence-electron chi connectivity index (χ4n) is 1.99. The van der Waals surface area contributed by atoms with E-state index in [-0.39, 0.29) is 5.56 Å². The lowest BCUT2D eigenvalue weighted by Gasteiger charge is -2.09. The lowest BCUT2D eigenvalue weighted by atomic mass is 10.3. The quantitative estimate of drug-likeness (QED) is 0.805. The van der Waals surface area contributed by atoms with Gasteiger partial charge in [0, 0.05) is 17.4 Å². The molecule has 100 valence electrons. The standard InChI is InChI=1S/C14H10ClN3O2/c15-10-3-5-11(6-4-10)18-13(17-7-1-2-8-17)12(9-16-18)14(19)20/h1-9H,(H,19,20). The van der Waals surface area contributed by atoms with Crippen LogP contribution >= 0.6 is 11.6 Å². The fraction of sp³-hybridized carbons (Fsp3) is 0. The summed E-state index contributed by atoms with van der Waals surface area (Å²) in [5.41, 5.74) is 0.877. The lowest BCUT2D eigenvalue weighted by molar-refractivity contribution is 0.0697. The molecule has 0 fully saturated rings. The molecule has 0 atom stereocenters. The number of aromatic nitrogens is 3. The van der Waals surface area contributed by atoms with Gasteiger partial charge >= 0.3 is 5.97 Å². The molecule has 0 spiro atoms. The summed E-state index contributed by atoms with van der Waals surface area (Å²) < 4.78 is 3.28. The van der Waals surface area contributed by atoms with Gasteiger partial charge in [0.2, 0.25) is 0 Å². The highest BCUT2D eigenvalue weighted by atomic mass is 35.5. The Morgan fingerprint density at radius 3 is 2.40 bits per heavy atom. The number of hydrogen-bond donors (Lipinski definition) is 1. The van der Waals surface area contributed by atoms with Gasteiger partial charge < -0.3 is 9.67 Å². The van der Waals surface area contributed by atoms with E-state index in [2.05, 4.69) is 5.10 Å². The minimum Gasteiger partial charge on any atom is -0.477 e. The van der Waals surface area contributed by atoms with Crippen LogP contribution in [-0.2, 0) is 0 Å². The first-order valence-electron chi connectivity index (χ1n) is 5.87. The Morgan fingerprint density at radius 2 is 1.80 bits per heavy atom. The summed E-state index contributed by atoms with van der Waals surface area (Å²) in [5.74, 6) is -0.543. The molecule has 1 N–H and O–H groups in total. The van der Waals surface area contributed by atoms with Crippen LogP contribution in [0.4, 0.5) is 0 Å². The predicted molar refractivity (Wildman–Crippen MR) is 74.9 cm³/mol. The average Bonchev–Trinajstić information content (AvgIpc) is 3.08. The first kappa shape index (κ1) is 12.5. The summed E-state index contributed by atoms with van der Waals surface area (Å²) in [5, 5.41) is 14.1. The molecule has 0 saturated heterocycles. The highest BCUT2D eigenvalue weighted by Gasteiger charge is 2.18. The maximum Gasteiger partial charge on any atom is 0.341 e. The molecule has 1 aromatic carbocycles. The molecular weight excluding hydrogens is 278 g/mol. The highest BCUT2D eigenvalue weighted by Crippen LogP contribution is 2.21. The van der Waals surface area contributed by atoms with Crippen molar-refractivity contribution in [1.82, 2.24) is 14.3 Å².